The molecule has 0 aliphatic heterocycles. The quantitative estimate of drug-likeness (QED) is 0.568. The normalized spacial score (nSPS) is 13.7. The Morgan fingerprint density at radius 1 is 0.933 bits per heavy atom. The first-order valence-corrected chi connectivity index (χ1v) is 11.0. The van der Waals surface area contributed by atoms with Gasteiger partial charge in [-0.3, -0.25) is 4.79 Å². The molecule has 1 fully saturated rings. The van der Waals surface area contributed by atoms with E-state index < -0.39 is 28.5 Å². The zero-order valence-electron chi connectivity index (χ0n) is 16.0. The number of benzene rings is 3. The molecule has 1 aliphatic rings. The Hall–Kier alpha value is -3.23. The van der Waals surface area contributed by atoms with Crippen LogP contribution in [0.2, 0.25) is 0 Å². The molecule has 2 N–H and O–H groups in total. The van der Waals surface area contributed by atoms with Gasteiger partial charge in [0.25, 0.3) is 5.91 Å². The number of amides is 1. The summed E-state index contributed by atoms with van der Waals surface area (Å²) in [6, 6.07) is 18.8. The molecule has 4 rings (SSSR count). The molecule has 0 heterocycles. The predicted octanol–water partition coefficient (Wildman–Crippen LogP) is 3.08. The van der Waals surface area contributed by atoms with Crippen molar-refractivity contribution in [1.82, 2.24) is 4.72 Å². The van der Waals surface area contributed by atoms with Crippen LogP contribution in [0.5, 0.6) is 0 Å². The third-order valence-corrected chi connectivity index (χ3v) is 6.16. The Morgan fingerprint density at radius 2 is 1.70 bits per heavy atom. The van der Waals surface area contributed by atoms with E-state index in [0.29, 0.717) is 5.69 Å². The van der Waals surface area contributed by atoms with Crippen LogP contribution in [0.4, 0.5) is 5.69 Å². The van der Waals surface area contributed by atoms with Gasteiger partial charge in [-0.05, 0) is 53.9 Å². The van der Waals surface area contributed by atoms with Crippen molar-refractivity contribution < 1.29 is 22.7 Å². The van der Waals surface area contributed by atoms with Crippen LogP contribution in [0.15, 0.2) is 71.6 Å². The van der Waals surface area contributed by atoms with E-state index in [0.717, 1.165) is 23.6 Å². The molecular weight excluding hydrogens is 404 g/mol. The maximum Gasteiger partial charge on any atom is 0.338 e. The second-order valence-corrected chi connectivity index (χ2v) is 8.82. The van der Waals surface area contributed by atoms with Crippen LogP contribution < -0.4 is 10.0 Å². The van der Waals surface area contributed by atoms with Gasteiger partial charge in [-0.25, -0.2) is 17.9 Å². The molecule has 0 spiro atoms. The lowest BCUT2D eigenvalue weighted by Crippen LogP contribution is -2.26. The van der Waals surface area contributed by atoms with Crippen molar-refractivity contribution in [3.05, 3.63) is 72.3 Å². The van der Waals surface area contributed by atoms with E-state index in [-0.39, 0.29) is 16.5 Å². The molecule has 0 atom stereocenters. The van der Waals surface area contributed by atoms with Crippen molar-refractivity contribution >= 4 is 38.4 Å². The number of anilines is 1. The van der Waals surface area contributed by atoms with Crippen molar-refractivity contribution in [2.45, 2.75) is 23.8 Å². The largest absolute Gasteiger partial charge is 0.452 e. The number of carbonyl (C=O) groups excluding carboxylic acids is 2. The number of esters is 1. The van der Waals surface area contributed by atoms with Crippen LogP contribution >= 0.6 is 0 Å². The van der Waals surface area contributed by atoms with Crippen molar-refractivity contribution in [1.29, 1.82) is 0 Å². The monoisotopic (exact) mass is 424 g/mol. The Balaban J connectivity index is 1.36. The van der Waals surface area contributed by atoms with Gasteiger partial charge in [0.2, 0.25) is 10.0 Å². The lowest BCUT2D eigenvalue weighted by Gasteiger charge is -2.09. The Morgan fingerprint density at radius 3 is 2.47 bits per heavy atom. The van der Waals surface area contributed by atoms with Crippen LogP contribution in [0.3, 0.4) is 0 Å². The van der Waals surface area contributed by atoms with Gasteiger partial charge >= 0.3 is 5.97 Å². The third kappa shape index (κ3) is 4.84. The molecule has 0 radical (unpaired) electrons. The summed E-state index contributed by atoms with van der Waals surface area (Å²) in [4.78, 5) is 24.4. The lowest BCUT2D eigenvalue weighted by atomic mass is 10.1. The molecule has 3 aromatic rings. The molecule has 0 bridgehead atoms. The number of hydrogen-bond acceptors (Lipinski definition) is 5. The SMILES string of the molecule is O=C(COC(=O)c1cccc(S(=O)(=O)NC2CC2)c1)Nc1ccc2ccccc2c1. The Labute approximate surface area is 174 Å². The maximum atomic E-state index is 12.3. The average molecular weight is 424 g/mol. The summed E-state index contributed by atoms with van der Waals surface area (Å²) in [6.07, 6.45) is 1.63. The number of ether oxygens (including phenoxy) is 1. The van der Waals surface area contributed by atoms with E-state index in [2.05, 4.69) is 10.0 Å². The lowest BCUT2D eigenvalue weighted by molar-refractivity contribution is -0.119. The fraction of sp³-hybridized carbons (Fsp3) is 0.182. The first-order chi connectivity index (χ1) is 14.4. The number of sulfonamides is 1. The van der Waals surface area contributed by atoms with Crippen LogP contribution in [0, 0.1) is 0 Å². The number of hydrogen-bond donors (Lipinski definition) is 2. The van der Waals surface area contributed by atoms with Crippen molar-refractivity contribution in [3.63, 3.8) is 0 Å². The molecule has 8 heteroatoms. The van der Waals surface area contributed by atoms with Gasteiger partial charge in [0.1, 0.15) is 0 Å². The summed E-state index contributed by atoms with van der Waals surface area (Å²) in [5, 5.41) is 4.71. The summed E-state index contributed by atoms with van der Waals surface area (Å²) in [5.74, 6) is -1.26. The van der Waals surface area contributed by atoms with E-state index in [1.807, 2.05) is 36.4 Å². The first-order valence-electron chi connectivity index (χ1n) is 9.49. The number of carbonyl (C=O) groups is 2. The van der Waals surface area contributed by atoms with E-state index in [1.165, 1.54) is 24.3 Å². The minimum Gasteiger partial charge on any atom is -0.452 e. The standard InChI is InChI=1S/C22H20N2O5S/c25-21(23-19-9-8-15-4-1-2-5-16(15)12-19)14-29-22(26)17-6-3-7-20(13-17)30(27,28)24-18-10-11-18/h1-9,12-13,18,24H,10-11,14H2,(H,23,25). The van der Waals surface area contributed by atoms with E-state index >= 15 is 0 Å². The molecule has 154 valence electrons. The third-order valence-electron chi connectivity index (χ3n) is 4.65. The molecule has 7 nitrogen and oxygen atoms in total. The molecule has 0 unspecified atom stereocenters. The van der Waals surface area contributed by atoms with Gasteiger partial charge in [0, 0.05) is 11.7 Å². The Bertz CT molecular complexity index is 1220. The fourth-order valence-corrected chi connectivity index (χ4v) is 4.31. The molecule has 30 heavy (non-hydrogen) atoms. The topological polar surface area (TPSA) is 102 Å². The minimum absolute atomic E-state index is 0.00975. The van der Waals surface area contributed by atoms with Gasteiger partial charge in [0.15, 0.2) is 6.61 Å². The van der Waals surface area contributed by atoms with Crippen molar-refractivity contribution in [3.8, 4) is 0 Å². The fourth-order valence-electron chi connectivity index (χ4n) is 2.96. The molecule has 1 amide bonds. The number of rotatable bonds is 7. The summed E-state index contributed by atoms with van der Waals surface area (Å²) < 4.78 is 32.2. The van der Waals surface area contributed by atoms with E-state index in [1.54, 1.807) is 6.07 Å². The summed E-state index contributed by atoms with van der Waals surface area (Å²) >= 11 is 0. The van der Waals surface area contributed by atoms with Gasteiger partial charge in [-0.1, -0.05) is 36.4 Å². The highest BCUT2D eigenvalue weighted by molar-refractivity contribution is 7.89. The van der Waals surface area contributed by atoms with E-state index in [9.17, 15) is 18.0 Å². The summed E-state index contributed by atoms with van der Waals surface area (Å²) in [5.41, 5.74) is 0.654. The van der Waals surface area contributed by atoms with Crippen LogP contribution in [0.25, 0.3) is 10.8 Å². The maximum absolute atomic E-state index is 12.3. The molecule has 1 saturated carbocycles. The van der Waals surface area contributed by atoms with Gasteiger partial charge < -0.3 is 10.1 Å². The zero-order valence-corrected chi connectivity index (χ0v) is 16.8. The molecule has 0 saturated heterocycles. The highest BCUT2D eigenvalue weighted by Gasteiger charge is 2.28. The number of fused-ring (bicyclic) bond motifs is 1. The van der Waals surface area contributed by atoms with Crippen molar-refractivity contribution in [2.24, 2.45) is 0 Å². The van der Waals surface area contributed by atoms with Crippen LogP contribution in [-0.2, 0) is 19.6 Å². The average Bonchev–Trinajstić information content (AvgIpc) is 3.55. The van der Waals surface area contributed by atoms with E-state index in [4.69, 9.17) is 4.74 Å². The van der Waals surface area contributed by atoms with Crippen LogP contribution in [0.1, 0.15) is 23.2 Å². The van der Waals surface area contributed by atoms with Gasteiger partial charge in [-0.15, -0.1) is 0 Å². The highest BCUT2D eigenvalue weighted by Crippen LogP contribution is 2.23. The highest BCUT2D eigenvalue weighted by atomic mass is 32.2. The summed E-state index contributed by atoms with van der Waals surface area (Å²) in [7, 11) is -3.68. The smallest absolute Gasteiger partial charge is 0.338 e. The molecule has 1 aliphatic carbocycles. The predicted molar refractivity (Wildman–Crippen MR) is 113 cm³/mol. The first kappa shape index (κ1) is 20.1. The van der Waals surface area contributed by atoms with Gasteiger partial charge in [-0.2, -0.15) is 0 Å². The second kappa shape index (κ2) is 8.25. The minimum atomic E-state index is -3.68. The molecule has 0 aromatic heterocycles. The Kier molecular flexibility index (Phi) is 5.52. The second-order valence-electron chi connectivity index (χ2n) is 7.11. The van der Waals surface area contributed by atoms with Crippen LogP contribution in [-0.4, -0.2) is 32.9 Å². The number of nitrogens with one attached hydrogen (secondary N) is 2. The van der Waals surface area contributed by atoms with Crippen molar-refractivity contribution in [2.75, 3.05) is 11.9 Å². The summed E-state index contributed by atoms with van der Waals surface area (Å²) in [6.45, 7) is -0.483. The molecule has 3 aromatic carbocycles. The molecular formula is C22H20N2O5S. The van der Waals surface area contributed by atoms with Gasteiger partial charge in [0.05, 0.1) is 10.5 Å². The zero-order chi connectivity index (χ0) is 21.1.